The van der Waals surface area contributed by atoms with Crippen LogP contribution in [0.25, 0.3) is 11.6 Å². The summed E-state index contributed by atoms with van der Waals surface area (Å²) in [5.41, 5.74) is 7.31. The first-order chi connectivity index (χ1) is 13.7. The zero-order valence-corrected chi connectivity index (χ0v) is 18.3. The molecule has 0 aromatic heterocycles. The Morgan fingerprint density at radius 3 is 2.38 bits per heavy atom. The lowest BCUT2D eigenvalue weighted by Crippen LogP contribution is -2.33. The molecule has 0 spiro atoms. The lowest BCUT2D eigenvalue weighted by molar-refractivity contribution is -0.137. The van der Waals surface area contributed by atoms with E-state index in [4.69, 9.17) is 4.74 Å². The van der Waals surface area contributed by atoms with Gasteiger partial charge >= 0.3 is 5.97 Å². The summed E-state index contributed by atoms with van der Waals surface area (Å²) in [5, 5.41) is 0. The van der Waals surface area contributed by atoms with E-state index >= 15 is 0 Å². The molecular formula is C27H32O2. The van der Waals surface area contributed by atoms with E-state index in [-0.39, 0.29) is 16.8 Å². The van der Waals surface area contributed by atoms with Crippen LogP contribution < -0.4 is 0 Å². The second-order valence-electron chi connectivity index (χ2n) is 9.18. The Morgan fingerprint density at radius 2 is 1.69 bits per heavy atom. The minimum Gasteiger partial charge on any atom is -0.463 e. The summed E-state index contributed by atoms with van der Waals surface area (Å²) < 4.78 is 5.01. The van der Waals surface area contributed by atoms with Gasteiger partial charge < -0.3 is 4.74 Å². The quantitative estimate of drug-likeness (QED) is 0.422. The molecule has 0 aliphatic heterocycles. The molecule has 0 saturated heterocycles. The summed E-state index contributed by atoms with van der Waals surface area (Å²) in [6, 6.07) is 14.8. The number of fused-ring (bicyclic) bond motifs is 1. The Morgan fingerprint density at radius 1 is 1.03 bits per heavy atom. The highest BCUT2D eigenvalue weighted by molar-refractivity contribution is 5.90. The highest BCUT2D eigenvalue weighted by Gasteiger charge is 2.37. The van der Waals surface area contributed by atoms with E-state index < -0.39 is 0 Å². The van der Waals surface area contributed by atoms with Crippen molar-refractivity contribution < 1.29 is 9.53 Å². The maximum Gasteiger partial charge on any atom is 0.330 e. The van der Waals surface area contributed by atoms with Crippen LogP contribution >= 0.6 is 0 Å². The maximum atomic E-state index is 11.7. The fourth-order valence-corrected chi connectivity index (χ4v) is 4.20. The second kappa shape index (κ2) is 8.02. The molecule has 2 aromatic rings. The monoisotopic (exact) mass is 388 g/mol. The van der Waals surface area contributed by atoms with Gasteiger partial charge in [0.05, 0.1) is 6.61 Å². The van der Waals surface area contributed by atoms with Crippen LogP contribution in [0.1, 0.15) is 75.3 Å². The Bertz CT molecular complexity index is 960. The van der Waals surface area contributed by atoms with Crippen molar-refractivity contribution in [3.05, 3.63) is 82.9 Å². The van der Waals surface area contributed by atoms with Crippen molar-refractivity contribution in [2.45, 2.75) is 58.3 Å². The van der Waals surface area contributed by atoms with Gasteiger partial charge in [0.15, 0.2) is 0 Å². The highest BCUT2D eigenvalue weighted by Crippen LogP contribution is 2.46. The van der Waals surface area contributed by atoms with E-state index in [1.165, 1.54) is 30.0 Å². The van der Waals surface area contributed by atoms with Gasteiger partial charge in [-0.15, -0.1) is 0 Å². The Labute approximate surface area is 175 Å². The van der Waals surface area contributed by atoms with Gasteiger partial charge in [0.25, 0.3) is 0 Å². The van der Waals surface area contributed by atoms with Crippen molar-refractivity contribution in [1.82, 2.24) is 0 Å². The normalized spacial score (nSPS) is 17.0. The Kier molecular flexibility index (Phi) is 5.84. The fourth-order valence-electron chi connectivity index (χ4n) is 4.20. The SMILES string of the molecule is C=C(c1ccc2c(c1)C(C)(C)CCC2(C)C)c1ccccc1/C=C/C(=O)OCC. The number of carbonyl (C=O) groups is 1. The third-order valence-electron chi connectivity index (χ3n) is 6.17. The molecule has 3 rings (SSSR count). The van der Waals surface area contributed by atoms with Crippen LogP contribution in [0.3, 0.4) is 0 Å². The number of carbonyl (C=O) groups excluding carboxylic acids is 1. The number of rotatable bonds is 5. The maximum absolute atomic E-state index is 11.7. The molecule has 0 N–H and O–H groups in total. The molecule has 0 bridgehead atoms. The summed E-state index contributed by atoms with van der Waals surface area (Å²) >= 11 is 0. The molecule has 0 saturated carbocycles. The standard InChI is InChI=1S/C27H32O2/c1-7-29-25(28)15-13-20-10-8-9-11-22(20)19(2)21-12-14-23-24(18-21)27(5,6)17-16-26(23,3)4/h8-15,18H,2,7,16-17H2,1,3-6H3/b15-13+. The molecule has 0 amide bonds. The van der Waals surface area contributed by atoms with Gasteiger partial charge in [0.2, 0.25) is 0 Å². The minimum atomic E-state index is -0.328. The van der Waals surface area contributed by atoms with Crippen LogP contribution in [0, 0.1) is 0 Å². The minimum absolute atomic E-state index is 0.157. The molecule has 1 aliphatic rings. The van der Waals surface area contributed by atoms with E-state index in [2.05, 4.69) is 58.5 Å². The number of esters is 1. The van der Waals surface area contributed by atoms with Crippen molar-refractivity contribution in [3.8, 4) is 0 Å². The van der Waals surface area contributed by atoms with Crippen molar-refractivity contribution in [2.75, 3.05) is 6.61 Å². The van der Waals surface area contributed by atoms with Crippen LogP contribution in [0.5, 0.6) is 0 Å². The van der Waals surface area contributed by atoms with Crippen LogP contribution in [-0.2, 0) is 20.4 Å². The summed E-state index contributed by atoms with van der Waals surface area (Å²) in [4.78, 5) is 11.7. The van der Waals surface area contributed by atoms with Gasteiger partial charge in [0, 0.05) is 6.08 Å². The summed E-state index contributed by atoms with van der Waals surface area (Å²) in [5.74, 6) is -0.328. The zero-order valence-electron chi connectivity index (χ0n) is 18.3. The van der Waals surface area contributed by atoms with Crippen molar-refractivity contribution in [2.24, 2.45) is 0 Å². The molecule has 2 aromatic carbocycles. The molecule has 2 heteroatoms. The lowest BCUT2D eigenvalue weighted by atomic mass is 9.63. The molecule has 0 atom stereocenters. The van der Waals surface area contributed by atoms with E-state index in [9.17, 15) is 4.79 Å². The summed E-state index contributed by atoms with van der Waals surface area (Å²) in [6.07, 6.45) is 5.68. The number of ether oxygens (including phenoxy) is 1. The topological polar surface area (TPSA) is 26.3 Å². The number of hydrogen-bond acceptors (Lipinski definition) is 2. The van der Waals surface area contributed by atoms with Crippen LogP contribution in [0.2, 0.25) is 0 Å². The lowest BCUT2D eigenvalue weighted by Gasteiger charge is -2.42. The Hall–Kier alpha value is -2.61. The predicted molar refractivity (Wildman–Crippen MR) is 122 cm³/mol. The van der Waals surface area contributed by atoms with Gasteiger partial charge in [-0.05, 0) is 70.1 Å². The molecular weight excluding hydrogens is 356 g/mol. The van der Waals surface area contributed by atoms with Crippen LogP contribution in [0.15, 0.2) is 55.1 Å². The van der Waals surface area contributed by atoms with Crippen molar-refractivity contribution in [3.63, 3.8) is 0 Å². The van der Waals surface area contributed by atoms with E-state index in [1.54, 1.807) is 6.92 Å². The largest absolute Gasteiger partial charge is 0.463 e. The molecule has 0 heterocycles. The van der Waals surface area contributed by atoms with Crippen molar-refractivity contribution in [1.29, 1.82) is 0 Å². The molecule has 29 heavy (non-hydrogen) atoms. The van der Waals surface area contributed by atoms with Crippen molar-refractivity contribution >= 4 is 17.6 Å². The third kappa shape index (κ3) is 4.37. The average Bonchev–Trinajstić information content (AvgIpc) is 2.69. The average molecular weight is 389 g/mol. The fraction of sp³-hybridized carbons (Fsp3) is 0.370. The summed E-state index contributed by atoms with van der Waals surface area (Å²) in [6.45, 7) is 15.9. The van der Waals surface area contributed by atoms with Gasteiger partial charge in [-0.3, -0.25) is 0 Å². The summed E-state index contributed by atoms with van der Waals surface area (Å²) in [7, 11) is 0. The van der Waals surface area contributed by atoms with Gasteiger partial charge in [0.1, 0.15) is 0 Å². The smallest absolute Gasteiger partial charge is 0.330 e. The molecule has 0 radical (unpaired) electrons. The van der Waals surface area contributed by atoms with E-state index in [0.717, 1.165) is 22.3 Å². The second-order valence-corrected chi connectivity index (χ2v) is 9.18. The number of hydrogen-bond donors (Lipinski definition) is 0. The molecule has 0 fully saturated rings. The molecule has 0 unspecified atom stereocenters. The van der Waals surface area contributed by atoms with E-state index in [0.29, 0.717) is 6.61 Å². The first kappa shape index (κ1) is 21.1. The van der Waals surface area contributed by atoms with Crippen LogP contribution in [0.4, 0.5) is 0 Å². The number of benzene rings is 2. The predicted octanol–water partition coefficient (Wildman–Crippen LogP) is 6.67. The molecule has 1 aliphatic carbocycles. The van der Waals surface area contributed by atoms with Crippen LogP contribution in [-0.4, -0.2) is 12.6 Å². The third-order valence-corrected chi connectivity index (χ3v) is 6.17. The molecule has 2 nitrogen and oxygen atoms in total. The first-order valence-corrected chi connectivity index (χ1v) is 10.4. The highest BCUT2D eigenvalue weighted by atomic mass is 16.5. The zero-order chi connectivity index (χ0) is 21.2. The van der Waals surface area contributed by atoms with Gasteiger partial charge in [-0.25, -0.2) is 4.79 Å². The first-order valence-electron chi connectivity index (χ1n) is 10.4. The Balaban J connectivity index is 2.00. The van der Waals surface area contributed by atoms with Gasteiger partial charge in [-0.2, -0.15) is 0 Å². The van der Waals surface area contributed by atoms with Gasteiger partial charge in [-0.1, -0.05) is 76.7 Å². The van der Waals surface area contributed by atoms with E-state index in [1.807, 2.05) is 24.3 Å². The molecule has 152 valence electrons.